The van der Waals surface area contributed by atoms with E-state index in [9.17, 15) is 0 Å². The molecular weight excluding hydrogens is 262 g/mol. The molecule has 2 rings (SSSR count). The van der Waals surface area contributed by atoms with Gasteiger partial charge in [0.05, 0.1) is 0 Å². The fraction of sp³-hybridized carbons (Fsp3) is 0.333. The Bertz CT molecular complexity index is 566. The van der Waals surface area contributed by atoms with Crippen LogP contribution in [0.5, 0.6) is 0 Å². The Hall–Kier alpha value is -1.41. The maximum atomic E-state index is 4.35. The van der Waals surface area contributed by atoms with Crippen LogP contribution in [0.15, 0.2) is 53.6 Å². The Labute approximate surface area is 126 Å². The highest BCUT2D eigenvalue weighted by Gasteiger charge is 2.30. The van der Waals surface area contributed by atoms with E-state index in [1.807, 2.05) is 18.7 Å². The van der Waals surface area contributed by atoms with Gasteiger partial charge in [0.1, 0.15) is 0 Å². The van der Waals surface area contributed by atoms with Crippen molar-refractivity contribution >= 4 is 23.0 Å². The van der Waals surface area contributed by atoms with Crippen molar-refractivity contribution in [3.8, 4) is 0 Å². The lowest BCUT2D eigenvalue weighted by Gasteiger charge is -2.20. The summed E-state index contributed by atoms with van der Waals surface area (Å²) in [5.41, 5.74) is 5.94. The highest BCUT2D eigenvalue weighted by atomic mass is 32.2. The average Bonchev–Trinajstić information content (AvgIpc) is 2.63. The van der Waals surface area contributed by atoms with E-state index in [2.05, 4.69) is 63.5 Å². The van der Waals surface area contributed by atoms with E-state index in [0.717, 1.165) is 11.4 Å². The summed E-state index contributed by atoms with van der Waals surface area (Å²) < 4.78 is 0. The normalized spacial score (nSPS) is 22.0. The number of nitrogens with one attached hydrogen (secondary N) is 1. The minimum absolute atomic E-state index is 0.458. The van der Waals surface area contributed by atoms with Gasteiger partial charge in [-0.2, -0.15) is 0 Å². The molecule has 1 aliphatic rings. The lowest BCUT2D eigenvalue weighted by Crippen LogP contribution is -2.12. The van der Waals surface area contributed by atoms with Crippen molar-refractivity contribution in [3.63, 3.8) is 0 Å². The van der Waals surface area contributed by atoms with Gasteiger partial charge in [-0.1, -0.05) is 37.8 Å². The quantitative estimate of drug-likeness (QED) is 0.762. The van der Waals surface area contributed by atoms with E-state index in [1.165, 1.54) is 21.6 Å². The third-order valence-electron chi connectivity index (χ3n) is 3.84. The molecule has 2 atom stereocenters. The van der Waals surface area contributed by atoms with E-state index in [4.69, 9.17) is 0 Å². The first-order valence-electron chi connectivity index (χ1n) is 6.96. The molecule has 0 amide bonds. The minimum Gasteiger partial charge on any atom is -0.360 e. The highest BCUT2D eigenvalue weighted by Crippen LogP contribution is 2.46. The van der Waals surface area contributed by atoms with Crippen LogP contribution in [0.2, 0.25) is 0 Å². The second-order valence-electron chi connectivity index (χ2n) is 5.55. The second-order valence-corrected chi connectivity index (χ2v) is 7.14. The van der Waals surface area contributed by atoms with Crippen LogP contribution < -0.4 is 5.32 Å². The number of anilines is 1. The number of allylic oxidation sites excluding steroid dienone is 4. The Morgan fingerprint density at radius 1 is 1.15 bits per heavy atom. The van der Waals surface area contributed by atoms with Crippen LogP contribution in [-0.4, -0.2) is 5.25 Å². The smallest absolute Gasteiger partial charge is 0.0381 e. The molecule has 106 valence electrons. The van der Waals surface area contributed by atoms with Crippen LogP contribution in [0.1, 0.15) is 33.3 Å². The topological polar surface area (TPSA) is 12.0 Å². The van der Waals surface area contributed by atoms with Gasteiger partial charge in [0.2, 0.25) is 0 Å². The Morgan fingerprint density at radius 2 is 1.75 bits per heavy atom. The molecule has 0 aromatic heterocycles. The van der Waals surface area contributed by atoms with E-state index in [0.29, 0.717) is 11.2 Å². The third kappa shape index (κ3) is 3.01. The zero-order valence-corrected chi connectivity index (χ0v) is 13.6. The van der Waals surface area contributed by atoms with Gasteiger partial charge in [-0.3, -0.25) is 0 Å². The van der Waals surface area contributed by atoms with Crippen molar-refractivity contribution in [2.24, 2.45) is 5.92 Å². The monoisotopic (exact) mass is 285 g/mol. The molecule has 2 heteroatoms. The molecule has 0 radical (unpaired) electrons. The van der Waals surface area contributed by atoms with Gasteiger partial charge in [-0.15, -0.1) is 11.8 Å². The van der Waals surface area contributed by atoms with Crippen LogP contribution in [0.3, 0.4) is 0 Å². The van der Waals surface area contributed by atoms with Crippen LogP contribution in [-0.2, 0) is 0 Å². The molecule has 0 saturated carbocycles. The summed E-state index contributed by atoms with van der Waals surface area (Å²) in [6.45, 7) is 16.9. The van der Waals surface area contributed by atoms with Crippen molar-refractivity contribution in [1.82, 2.24) is 0 Å². The van der Waals surface area contributed by atoms with Gasteiger partial charge in [0.25, 0.3) is 0 Å². The Kier molecular flexibility index (Phi) is 4.44. The van der Waals surface area contributed by atoms with E-state index < -0.39 is 0 Å². The molecule has 1 aromatic rings. The SMILES string of the molecule is C=C(C)Nc1ccc(C(=C)C2C(C)=C(C)SC2C)cc1. The lowest BCUT2D eigenvalue weighted by molar-refractivity contribution is 0.781. The molecule has 1 aromatic carbocycles. The lowest BCUT2D eigenvalue weighted by atomic mass is 9.86. The summed E-state index contributed by atoms with van der Waals surface area (Å²) in [6.07, 6.45) is 0. The maximum Gasteiger partial charge on any atom is 0.0381 e. The summed E-state index contributed by atoms with van der Waals surface area (Å²) >= 11 is 1.97. The van der Waals surface area contributed by atoms with Gasteiger partial charge in [0, 0.05) is 22.6 Å². The van der Waals surface area contributed by atoms with E-state index in [1.54, 1.807) is 0 Å². The summed E-state index contributed by atoms with van der Waals surface area (Å²) in [7, 11) is 0. The number of hydrogen-bond acceptors (Lipinski definition) is 2. The van der Waals surface area contributed by atoms with Crippen LogP contribution in [0, 0.1) is 5.92 Å². The number of thioether (sulfide) groups is 1. The fourth-order valence-corrected chi connectivity index (χ4v) is 4.12. The third-order valence-corrected chi connectivity index (χ3v) is 5.16. The first-order valence-corrected chi connectivity index (χ1v) is 7.84. The number of rotatable bonds is 4. The van der Waals surface area contributed by atoms with Crippen LogP contribution in [0.25, 0.3) is 5.57 Å². The van der Waals surface area contributed by atoms with E-state index in [-0.39, 0.29) is 0 Å². The van der Waals surface area contributed by atoms with Gasteiger partial charge in [0.15, 0.2) is 0 Å². The standard InChI is InChI=1S/C18H23NS/c1-11(2)19-17-9-7-16(8-10-17)13(4)18-12(3)14(5)20-15(18)6/h7-10,15,18-19H,1,4H2,2-3,5-6H3. The summed E-state index contributed by atoms with van der Waals surface area (Å²) in [5.74, 6) is 0.458. The van der Waals surface area contributed by atoms with Crippen molar-refractivity contribution in [3.05, 3.63) is 59.2 Å². The fourth-order valence-electron chi connectivity index (χ4n) is 2.75. The van der Waals surface area contributed by atoms with Gasteiger partial charge in [-0.05, 0) is 48.9 Å². The summed E-state index contributed by atoms with van der Waals surface area (Å²) in [5, 5.41) is 3.81. The molecule has 1 aliphatic heterocycles. The molecule has 0 spiro atoms. The predicted molar refractivity (Wildman–Crippen MR) is 92.8 cm³/mol. The van der Waals surface area contributed by atoms with Crippen LogP contribution >= 0.6 is 11.8 Å². The zero-order valence-electron chi connectivity index (χ0n) is 12.8. The zero-order chi connectivity index (χ0) is 14.9. The Morgan fingerprint density at radius 3 is 2.20 bits per heavy atom. The molecule has 1 N–H and O–H groups in total. The van der Waals surface area contributed by atoms with Crippen molar-refractivity contribution in [2.75, 3.05) is 5.32 Å². The first-order chi connectivity index (χ1) is 9.40. The van der Waals surface area contributed by atoms with Gasteiger partial charge >= 0.3 is 0 Å². The molecule has 0 bridgehead atoms. The molecule has 0 aliphatic carbocycles. The molecule has 2 unspecified atom stereocenters. The van der Waals surface area contributed by atoms with E-state index >= 15 is 0 Å². The minimum atomic E-state index is 0.458. The molecule has 0 saturated heterocycles. The number of hydrogen-bond donors (Lipinski definition) is 1. The molecular formula is C18H23NS. The predicted octanol–water partition coefficient (Wildman–Crippen LogP) is 5.69. The summed E-state index contributed by atoms with van der Waals surface area (Å²) in [4.78, 5) is 1.45. The second kappa shape index (κ2) is 5.92. The van der Waals surface area contributed by atoms with Gasteiger partial charge < -0.3 is 5.32 Å². The van der Waals surface area contributed by atoms with Crippen LogP contribution in [0.4, 0.5) is 5.69 Å². The van der Waals surface area contributed by atoms with Crippen molar-refractivity contribution < 1.29 is 0 Å². The maximum absolute atomic E-state index is 4.35. The Balaban J connectivity index is 2.20. The average molecular weight is 285 g/mol. The van der Waals surface area contributed by atoms with Gasteiger partial charge in [-0.25, -0.2) is 0 Å². The molecule has 1 heterocycles. The van der Waals surface area contributed by atoms with Crippen molar-refractivity contribution in [1.29, 1.82) is 0 Å². The summed E-state index contributed by atoms with van der Waals surface area (Å²) in [6, 6.07) is 8.47. The number of benzene rings is 1. The molecule has 0 fully saturated rings. The molecule has 20 heavy (non-hydrogen) atoms. The largest absolute Gasteiger partial charge is 0.360 e. The first kappa shape index (κ1) is 15.0. The molecule has 1 nitrogen and oxygen atoms in total. The van der Waals surface area contributed by atoms with Crippen molar-refractivity contribution in [2.45, 2.75) is 32.9 Å². The highest BCUT2D eigenvalue weighted by molar-refractivity contribution is 8.03.